The van der Waals surface area contributed by atoms with Crippen LogP contribution in [0.1, 0.15) is 23.6 Å². The van der Waals surface area contributed by atoms with Crippen LogP contribution in [0.3, 0.4) is 0 Å². The van der Waals surface area contributed by atoms with Gasteiger partial charge in [0.1, 0.15) is 5.82 Å². The normalized spacial score (nSPS) is 17.1. The second-order valence-electron chi connectivity index (χ2n) is 8.34. The van der Waals surface area contributed by atoms with Gasteiger partial charge in [0.2, 0.25) is 0 Å². The number of hydrogen-bond acceptors (Lipinski definition) is 3. The highest BCUT2D eigenvalue weighted by atomic mass is 127. The fourth-order valence-electron chi connectivity index (χ4n) is 4.22. The first-order chi connectivity index (χ1) is 15.6. The van der Waals surface area contributed by atoms with Gasteiger partial charge in [-0.05, 0) is 48.2 Å². The maximum atomic E-state index is 13.4. The molecule has 178 valence electrons. The molecular weight excluding hydrogens is 532 g/mol. The number of morpholine rings is 1. The van der Waals surface area contributed by atoms with E-state index >= 15 is 0 Å². The fraction of sp³-hybridized carbons (Fsp3) is 0.400. The SMILES string of the molecule is CN=C(NCCc1c[nH]c2cc(F)ccc12)NCc1cccc(CN2CCOC(C)C2)c1.I. The Balaban J connectivity index is 0.00000306. The van der Waals surface area contributed by atoms with E-state index in [2.05, 4.69) is 56.7 Å². The van der Waals surface area contributed by atoms with E-state index in [-0.39, 0.29) is 29.8 Å². The minimum Gasteiger partial charge on any atom is -0.376 e. The Morgan fingerprint density at radius 2 is 2.06 bits per heavy atom. The first kappa shape index (κ1) is 25.5. The summed E-state index contributed by atoms with van der Waals surface area (Å²) in [5, 5.41) is 7.82. The number of ether oxygens (including phenoxy) is 1. The Kier molecular flexibility index (Phi) is 9.52. The summed E-state index contributed by atoms with van der Waals surface area (Å²) in [6.07, 6.45) is 3.07. The highest BCUT2D eigenvalue weighted by Crippen LogP contribution is 2.19. The number of benzene rings is 2. The number of halogens is 2. The standard InChI is InChI=1S/C25H32FN5O.HI/c1-18-16-31(10-11-32-18)17-20-5-3-4-19(12-20)14-30-25(27-2)28-9-8-21-15-29-24-13-22(26)6-7-23(21)24;/h3-7,12-13,15,18,29H,8-11,14,16-17H2,1-2H3,(H2,27,28,30);1H. The second-order valence-corrected chi connectivity index (χ2v) is 8.34. The van der Waals surface area contributed by atoms with Crippen LogP contribution in [0.4, 0.5) is 4.39 Å². The molecule has 1 atom stereocenters. The summed E-state index contributed by atoms with van der Waals surface area (Å²) in [6.45, 7) is 7.28. The quantitative estimate of drug-likeness (QED) is 0.230. The molecular formula is C25H33FIN5O. The van der Waals surface area contributed by atoms with Crippen LogP contribution >= 0.6 is 24.0 Å². The van der Waals surface area contributed by atoms with E-state index < -0.39 is 0 Å². The Morgan fingerprint density at radius 3 is 2.88 bits per heavy atom. The van der Waals surface area contributed by atoms with Crippen LogP contribution in [-0.2, 0) is 24.2 Å². The number of fused-ring (bicyclic) bond motifs is 1. The lowest BCUT2D eigenvalue weighted by Crippen LogP contribution is -2.40. The molecule has 1 unspecified atom stereocenters. The van der Waals surface area contributed by atoms with Crippen LogP contribution < -0.4 is 10.6 Å². The van der Waals surface area contributed by atoms with Crippen molar-refractivity contribution in [2.75, 3.05) is 33.3 Å². The second kappa shape index (κ2) is 12.3. The van der Waals surface area contributed by atoms with Gasteiger partial charge in [-0.2, -0.15) is 0 Å². The van der Waals surface area contributed by atoms with Crippen molar-refractivity contribution in [3.63, 3.8) is 0 Å². The molecule has 1 saturated heterocycles. The predicted molar refractivity (Wildman–Crippen MR) is 143 cm³/mol. The van der Waals surface area contributed by atoms with Crippen LogP contribution in [0.5, 0.6) is 0 Å². The number of aromatic nitrogens is 1. The van der Waals surface area contributed by atoms with Crippen molar-refractivity contribution < 1.29 is 9.13 Å². The van der Waals surface area contributed by atoms with Crippen molar-refractivity contribution in [3.05, 3.63) is 71.2 Å². The van der Waals surface area contributed by atoms with Gasteiger partial charge < -0.3 is 20.4 Å². The third kappa shape index (κ3) is 7.15. The molecule has 1 fully saturated rings. The van der Waals surface area contributed by atoms with E-state index in [1.54, 1.807) is 7.05 Å². The molecule has 1 aliphatic rings. The zero-order chi connectivity index (χ0) is 22.3. The highest BCUT2D eigenvalue weighted by molar-refractivity contribution is 14.0. The number of H-pyrrole nitrogens is 1. The fourth-order valence-corrected chi connectivity index (χ4v) is 4.22. The topological polar surface area (TPSA) is 64.7 Å². The number of aliphatic imine (C=N–C) groups is 1. The number of nitrogens with zero attached hydrogens (tertiary/aromatic N) is 2. The summed E-state index contributed by atoms with van der Waals surface area (Å²) in [7, 11) is 1.78. The maximum Gasteiger partial charge on any atom is 0.191 e. The Hall–Kier alpha value is -2.17. The third-order valence-electron chi connectivity index (χ3n) is 5.82. The lowest BCUT2D eigenvalue weighted by atomic mass is 10.1. The van der Waals surface area contributed by atoms with Crippen LogP contribution in [0, 0.1) is 5.82 Å². The molecule has 2 heterocycles. The van der Waals surface area contributed by atoms with Gasteiger partial charge in [0.25, 0.3) is 0 Å². The molecule has 0 saturated carbocycles. The molecule has 0 spiro atoms. The summed E-state index contributed by atoms with van der Waals surface area (Å²) in [5.41, 5.74) is 4.53. The first-order valence-electron chi connectivity index (χ1n) is 11.2. The molecule has 1 aromatic heterocycles. The monoisotopic (exact) mass is 565 g/mol. The predicted octanol–water partition coefficient (Wildman–Crippen LogP) is 4.05. The average molecular weight is 565 g/mol. The van der Waals surface area contributed by atoms with Gasteiger partial charge in [0, 0.05) is 56.9 Å². The molecule has 2 aromatic carbocycles. The molecule has 3 aromatic rings. The van der Waals surface area contributed by atoms with Crippen molar-refractivity contribution in [1.29, 1.82) is 0 Å². The molecule has 0 aliphatic carbocycles. The molecule has 33 heavy (non-hydrogen) atoms. The molecule has 3 N–H and O–H groups in total. The average Bonchev–Trinajstić information content (AvgIpc) is 3.18. The molecule has 8 heteroatoms. The minimum absolute atomic E-state index is 0. The van der Waals surface area contributed by atoms with Crippen molar-refractivity contribution in [3.8, 4) is 0 Å². The zero-order valence-electron chi connectivity index (χ0n) is 19.2. The van der Waals surface area contributed by atoms with Crippen molar-refractivity contribution in [2.45, 2.75) is 32.5 Å². The molecule has 4 rings (SSSR count). The van der Waals surface area contributed by atoms with Gasteiger partial charge in [-0.15, -0.1) is 24.0 Å². The molecule has 0 amide bonds. The van der Waals surface area contributed by atoms with Crippen molar-refractivity contribution in [1.82, 2.24) is 20.5 Å². The highest BCUT2D eigenvalue weighted by Gasteiger charge is 2.16. The van der Waals surface area contributed by atoms with Gasteiger partial charge in [0.15, 0.2) is 5.96 Å². The summed E-state index contributed by atoms with van der Waals surface area (Å²) in [5.74, 6) is 0.542. The molecule has 1 aliphatic heterocycles. The van der Waals surface area contributed by atoms with Gasteiger partial charge in [-0.25, -0.2) is 4.39 Å². The minimum atomic E-state index is -0.225. The van der Waals surface area contributed by atoms with Crippen LogP contribution in [0.2, 0.25) is 0 Å². The Bertz CT molecular complexity index is 1070. The Morgan fingerprint density at radius 1 is 1.21 bits per heavy atom. The zero-order valence-corrected chi connectivity index (χ0v) is 21.6. The largest absolute Gasteiger partial charge is 0.376 e. The van der Waals surface area contributed by atoms with Gasteiger partial charge in [-0.3, -0.25) is 9.89 Å². The van der Waals surface area contributed by atoms with E-state index in [1.165, 1.54) is 23.3 Å². The Labute approximate surface area is 212 Å². The van der Waals surface area contributed by atoms with Gasteiger partial charge in [-0.1, -0.05) is 24.3 Å². The van der Waals surface area contributed by atoms with E-state index in [0.29, 0.717) is 12.6 Å². The van der Waals surface area contributed by atoms with Gasteiger partial charge >= 0.3 is 0 Å². The number of hydrogen-bond donors (Lipinski definition) is 3. The molecule has 6 nitrogen and oxygen atoms in total. The lowest BCUT2D eigenvalue weighted by molar-refractivity contribution is -0.0212. The van der Waals surface area contributed by atoms with Crippen LogP contribution in [-0.4, -0.2) is 55.2 Å². The van der Waals surface area contributed by atoms with E-state index in [9.17, 15) is 4.39 Å². The number of guanidine groups is 1. The smallest absolute Gasteiger partial charge is 0.191 e. The molecule has 0 bridgehead atoms. The van der Waals surface area contributed by atoms with E-state index in [0.717, 1.165) is 61.6 Å². The van der Waals surface area contributed by atoms with E-state index in [4.69, 9.17) is 4.74 Å². The summed E-state index contributed by atoms with van der Waals surface area (Å²) < 4.78 is 19.0. The summed E-state index contributed by atoms with van der Waals surface area (Å²) >= 11 is 0. The van der Waals surface area contributed by atoms with Crippen molar-refractivity contribution >= 4 is 40.8 Å². The molecule has 0 radical (unpaired) electrons. The summed E-state index contributed by atoms with van der Waals surface area (Å²) in [4.78, 5) is 9.92. The third-order valence-corrected chi connectivity index (χ3v) is 5.82. The van der Waals surface area contributed by atoms with Crippen molar-refractivity contribution in [2.24, 2.45) is 4.99 Å². The number of aromatic amines is 1. The van der Waals surface area contributed by atoms with E-state index in [1.807, 2.05) is 12.3 Å². The maximum absolute atomic E-state index is 13.4. The van der Waals surface area contributed by atoms with Crippen LogP contribution in [0.25, 0.3) is 10.9 Å². The first-order valence-corrected chi connectivity index (χ1v) is 11.2. The van der Waals surface area contributed by atoms with Crippen LogP contribution in [0.15, 0.2) is 53.7 Å². The lowest BCUT2D eigenvalue weighted by Gasteiger charge is -2.31. The summed E-state index contributed by atoms with van der Waals surface area (Å²) in [6, 6.07) is 13.5. The number of nitrogens with one attached hydrogen (secondary N) is 3. The van der Waals surface area contributed by atoms with Gasteiger partial charge in [0.05, 0.1) is 12.7 Å². The number of rotatable bonds is 7.